The Balaban J connectivity index is 2.17. The molecule has 5 nitrogen and oxygen atoms in total. The molecule has 1 aromatic rings. The molecule has 0 spiro atoms. The summed E-state index contributed by atoms with van der Waals surface area (Å²) in [6.07, 6.45) is 2.77. The van der Waals surface area contributed by atoms with Gasteiger partial charge in [0.1, 0.15) is 5.60 Å². The van der Waals surface area contributed by atoms with Gasteiger partial charge in [-0.2, -0.15) is 5.10 Å². The molecule has 1 heterocycles. The Kier molecular flexibility index (Phi) is 3.73. The third kappa shape index (κ3) is 2.33. The van der Waals surface area contributed by atoms with E-state index in [1.165, 1.54) is 0 Å². The molecule has 1 aliphatic carbocycles. The quantitative estimate of drug-likeness (QED) is 0.864. The van der Waals surface area contributed by atoms with Crippen molar-refractivity contribution in [2.75, 3.05) is 20.8 Å². The minimum absolute atomic E-state index is 0.0989. The molecule has 6 heteroatoms. The highest BCUT2D eigenvalue weighted by Gasteiger charge is 2.47. The van der Waals surface area contributed by atoms with E-state index >= 15 is 0 Å². The molecule has 0 amide bonds. The summed E-state index contributed by atoms with van der Waals surface area (Å²) in [5, 5.41) is 15.1. The normalized spacial score (nSPS) is 28.1. The van der Waals surface area contributed by atoms with Gasteiger partial charge >= 0.3 is 0 Å². The van der Waals surface area contributed by atoms with Crippen molar-refractivity contribution in [1.29, 1.82) is 0 Å². The van der Waals surface area contributed by atoms with Crippen LogP contribution in [0.1, 0.15) is 18.5 Å². The fourth-order valence-corrected chi connectivity index (χ4v) is 2.54. The zero-order chi connectivity index (χ0) is 12.5. The summed E-state index contributed by atoms with van der Waals surface area (Å²) in [6, 6.07) is 0. The number of aromatic nitrogens is 2. The molecule has 0 aromatic carbocycles. The van der Waals surface area contributed by atoms with Crippen molar-refractivity contribution in [1.82, 2.24) is 9.78 Å². The second-order valence-corrected chi connectivity index (χ2v) is 4.76. The van der Waals surface area contributed by atoms with E-state index in [0.29, 0.717) is 36.7 Å². The number of ether oxygens (including phenoxy) is 2. The Morgan fingerprint density at radius 1 is 1.59 bits per heavy atom. The third-order valence-electron chi connectivity index (χ3n) is 3.21. The molecule has 1 aromatic heterocycles. The largest absolute Gasteiger partial charge is 0.383 e. The maximum absolute atomic E-state index is 10.5. The van der Waals surface area contributed by atoms with Crippen LogP contribution in [0.25, 0.3) is 0 Å². The highest BCUT2D eigenvalue weighted by atomic mass is 35.5. The molecule has 0 radical (unpaired) electrons. The first-order chi connectivity index (χ1) is 8.10. The van der Waals surface area contributed by atoms with E-state index in [1.54, 1.807) is 25.1 Å². The van der Waals surface area contributed by atoms with Crippen molar-refractivity contribution in [2.45, 2.75) is 31.1 Å². The van der Waals surface area contributed by atoms with Gasteiger partial charge < -0.3 is 14.6 Å². The molecule has 0 saturated heterocycles. The Labute approximate surface area is 105 Å². The van der Waals surface area contributed by atoms with Crippen molar-refractivity contribution in [3.63, 3.8) is 0 Å². The van der Waals surface area contributed by atoms with E-state index in [-0.39, 0.29) is 6.10 Å². The van der Waals surface area contributed by atoms with Gasteiger partial charge in [0.2, 0.25) is 0 Å². The first-order valence-electron chi connectivity index (χ1n) is 5.56. The van der Waals surface area contributed by atoms with Crippen LogP contribution in [0, 0.1) is 0 Å². The summed E-state index contributed by atoms with van der Waals surface area (Å²) in [6.45, 7) is 1.12. The fraction of sp³-hybridized carbons (Fsp3) is 0.727. The zero-order valence-corrected chi connectivity index (χ0v) is 10.8. The number of methoxy groups -OCH3 is 2. The Bertz CT molecular complexity index is 388. The molecular formula is C11H17ClN2O3. The van der Waals surface area contributed by atoms with Gasteiger partial charge in [0, 0.05) is 27.1 Å². The van der Waals surface area contributed by atoms with Gasteiger partial charge in [-0.1, -0.05) is 11.6 Å². The molecule has 2 rings (SSSR count). The lowest BCUT2D eigenvalue weighted by Gasteiger charge is -2.42. The smallest absolute Gasteiger partial charge is 0.113 e. The summed E-state index contributed by atoms with van der Waals surface area (Å²) in [5.41, 5.74) is -0.244. The average Bonchev–Trinajstić information content (AvgIpc) is 2.64. The summed E-state index contributed by atoms with van der Waals surface area (Å²) in [7, 11) is 3.28. The van der Waals surface area contributed by atoms with Crippen LogP contribution >= 0.6 is 11.6 Å². The highest BCUT2D eigenvalue weighted by molar-refractivity contribution is 6.31. The van der Waals surface area contributed by atoms with E-state index in [2.05, 4.69) is 5.10 Å². The van der Waals surface area contributed by atoms with Crippen LogP contribution in [0.2, 0.25) is 5.02 Å². The first-order valence-corrected chi connectivity index (χ1v) is 5.94. The van der Waals surface area contributed by atoms with E-state index in [0.717, 1.165) is 0 Å². The van der Waals surface area contributed by atoms with Gasteiger partial charge in [0.05, 0.1) is 36.2 Å². The molecule has 0 unspecified atom stereocenters. The lowest BCUT2D eigenvalue weighted by molar-refractivity contribution is -0.137. The molecule has 0 atom stereocenters. The monoisotopic (exact) mass is 260 g/mol. The summed E-state index contributed by atoms with van der Waals surface area (Å²) in [4.78, 5) is 0. The van der Waals surface area contributed by atoms with E-state index in [1.807, 2.05) is 0 Å². The Morgan fingerprint density at radius 3 is 2.88 bits per heavy atom. The number of rotatable bonds is 5. The van der Waals surface area contributed by atoms with Gasteiger partial charge in [0.15, 0.2) is 0 Å². The second-order valence-electron chi connectivity index (χ2n) is 4.35. The number of halogens is 1. The van der Waals surface area contributed by atoms with Crippen LogP contribution in [0.5, 0.6) is 0 Å². The fourth-order valence-electron chi connectivity index (χ4n) is 2.23. The van der Waals surface area contributed by atoms with Crippen molar-refractivity contribution >= 4 is 11.6 Å². The number of hydrogen-bond donors (Lipinski definition) is 1. The molecular weight excluding hydrogens is 244 g/mol. The third-order valence-corrected chi connectivity index (χ3v) is 3.48. The van der Waals surface area contributed by atoms with Crippen LogP contribution in [0.15, 0.2) is 6.20 Å². The van der Waals surface area contributed by atoms with Crippen LogP contribution in [-0.4, -0.2) is 41.8 Å². The molecule has 1 N–H and O–H groups in total. The molecule has 1 saturated carbocycles. The average molecular weight is 261 g/mol. The van der Waals surface area contributed by atoms with Gasteiger partial charge in [-0.25, -0.2) is 0 Å². The van der Waals surface area contributed by atoms with Gasteiger partial charge in [0.25, 0.3) is 0 Å². The number of aliphatic hydroxyl groups is 1. The van der Waals surface area contributed by atoms with Crippen molar-refractivity contribution in [2.24, 2.45) is 0 Å². The van der Waals surface area contributed by atoms with Crippen LogP contribution in [0.3, 0.4) is 0 Å². The summed E-state index contributed by atoms with van der Waals surface area (Å²) in [5.74, 6) is 0. The Morgan fingerprint density at radius 2 is 2.29 bits per heavy atom. The predicted octanol–water partition coefficient (Wildman–Crippen LogP) is 1.18. The number of nitrogens with zero attached hydrogens (tertiary/aromatic N) is 2. The van der Waals surface area contributed by atoms with Crippen LogP contribution < -0.4 is 0 Å². The second kappa shape index (κ2) is 4.94. The topological polar surface area (TPSA) is 56.5 Å². The SMILES string of the molecule is COCCn1ncc(Cl)c1C1(O)CC(OC)C1. The van der Waals surface area contributed by atoms with Gasteiger partial charge in [-0.3, -0.25) is 4.68 Å². The molecule has 17 heavy (non-hydrogen) atoms. The van der Waals surface area contributed by atoms with Crippen LogP contribution in [-0.2, 0) is 21.6 Å². The van der Waals surface area contributed by atoms with E-state index in [9.17, 15) is 5.11 Å². The standard InChI is InChI=1S/C11H17ClN2O3/c1-16-4-3-14-10(9(12)7-13-14)11(15)5-8(6-11)17-2/h7-8,15H,3-6H2,1-2H3. The highest BCUT2D eigenvalue weighted by Crippen LogP contribution is 2.45. The lowest BCUT2D eigenvalue weighted by atomic mass is 9.75. The van der Waals surface area contributed by atoms with Gasteiger partial charge in [-0.15, -0.1) is 0 Å². The minimum atomic E-state index is -0.915. The zero-order valence-electron chi connectivity index (χ0n) is 10.0. The molecule has 0 bridgehead atoms. The van der Waals surface area contributed by atoms with E-state index < -0.39 is 5.60 Å². The maximum atomic E-state index is 10.5. The predicted molar refractivity (Wildman–Crippen MR) is 63.0 cm³/mol. The molecule has 1 fully saturated rings. The Hall–Kier alpha value is -0.620. The van der Waals surface area contributed by atoms with E-state index in [4.69, 9.17) is 21.1 Å². The van der Waals surface area contributed by atoms with Crippen molar-refractivity contribution in [3.8, 4) is 0 Å². The maximum Gasteiger partial charge on any atom is 0.113 e. The first kappa shape index (κ1) is 12.8. The van der Waals surface area contributed by atoms with Crippen molar-refractivity contribution in [3.05, 3.63) is 16.9 Å². The summed E-state index contributed by atoms with van der Waals surface area (Å²) >= 11 is 6.09. The molecule has 0 aliphatic heterocycles. The lowest BCUT2D eigenvalue weighted by Crippen LogP contribution is -2.47. The molecule has 96 valence electrons. The van der Waals surface area contributed by atoms with Crippen LogP contribution in [0.4, 0.5) is 0 Å². The van der Waals surface area contributed by atoms with Crippen molar-refractivity contribution < 1.29 is 14.6 Å². The number of hydrogen-bond acceptors (Lipinski definition) is 4. The summed E-state index contributed by atoms with van der Waals surface area (Å²) < 4.78 is 11.9. The molecule has 1 aliphatic rings. The van der Waals surface area contributed by atoms with Gasteiger partial charge in [-0.05, 0) is 0 Å². The minimum Gasteiger partial charge on any atom is -0.383 e.